The number of alkyl carbamates (subject to hydrolysis) is 1. The van der Waals surface area contributed by atoms with Gasteiger partial charge in [-0.15, -0.1) is 0 Å². The minimum atomic E-state index is -1.17. The maximum absolute atomic E-state index is 12.8. The molecule has 0 unspecified atom stereocenters. The molecule has 4 rings (SSSR count). The molecule has 0 bridgehead atoms. The Hall–Kier alpha value is -3.39. The van der Waals surface area contributed by atoms with Crippen LogP contribution in [-0.2, 0) is 14.3 Å². The van der Waals surface area contributed by atoms with E-state index in [0.29, 0.717) is 6.42 Å². The molecule has 4 N–H and O–H groups in total. The van der Waals surface area contributed by atoms with Crippen molar-refractivity contribution in [1.29, 1.82) is 0 Å². The number of hydrogen-bond donors (Lipinski definition) is 4. The van der Waals surface area contributed by atoms with E-state index < -0.39 is 24.0 Å². The highest BCUT2D eigenvalue weighted by Crippen LogP contribution is 2.44. The van der Waals surface area contributed by atoms with Gasteiger partial charge < -0.3 is 25.6 Å². The number of carbonyl (C=O) groups excluding carboxylic acids is 2. The van der Waals surface area contributed by atoms with Crippen LogP contribution in [0.3, 0.4) is 0 Å². The lowest BCUT2D eigenvalue weighted by molar-refractivity contribution is -0.143. The van der Waals surface area contributed by atoms with Crippen molar-refractivity contribution in [3.8, 4) is 11.1 Å². The molecule has 0 spiro atoms. The molecule has 0 aromatic heterocycles. The number of fused-ring (bicyclic) bond motifs is 3. The van der Waals surface area contributed by atoms with Crippen LogP contribution >= 0.6 is 0 Å². The Morgan fingerprint density at radius 3 is 2.23 bits per heavy atom. The standard InChI is InChI=1S/C27H32N2O6/c30-14-13-24(26(32)33)29-25(31)18-8-2-1-7-17(18)15-28-27(34)35-16-23-21-11-5-3-9-19(21)20-10-4-6-12-22(20)23/h3-6,9-12,17-18,23-24,30H,1-2,7-8,13-16H2,(H,28,34)(H,29,31)(H,32,33)/t17-,18-,24+/m1/s1. The Labute approximate surface area is 204 Å². The minimum Gasteiger partial charge on any atom is -0.480 e. The quantitative estimate of drug-likeness (QED) is 0.437. The third-order valence-electron chi connectivity index (χ3n) is 7.13. The highest BCUT2D eigenvalue weighted by Gasteiger charge is 2.34. The summed E-state index contributed by atoms with van der Waals surface area (Å²) in [5, 5.41) is 23.7. The van der Waals surface area contributed by atoms with E-state index in [4.69, 9.17) is 9.84 Å². The number of carboxylic acid groups (broad SMARTS) is 1. The lowest BCUT2D eigenvalue weighted by Gasteiger charge is -2.31. The molecule has 2 aliphatic rings. The Kier molecular flexibility index (Phi) is 8.02. The van der Waals surface area contributed by atoms with Crippen LogP contribution < -0.4 is 10.6 Å². The molecule has 1 saturated carbocycles. The molecule has 186 valence electrons. The van der Waals surface area contributed by atoms with Crippen molar-refractivity contribution in [1.82, 2.24) is 10.6 Å². The van der Waals surface area contributed by atoms with Crippen LogP contribution in [0.15, 0.2) is 48.5 Å². The van der Waals surface area contributed by atoms with E-state index in [2.05, 4.69) is 34.9 Å². The molecule has 0 radical (unpaired) electrons. The van der Waals surface area contributed by atoms with Gasteiger partial charge in [0.05, 0.1) is 0 Å². The first-order valence-corrected chi connectivity index (χ1v) is 12.2. The molecule has 3 atom stereocenters. The second-order valence-electron chi connectivity index (χ2n) is 9.27. The zero-order valence-electron chi connectivity index (χ0n) is 19.6. The van der Waals surface area contributed by atoms with E-state index in [1.807, 2.05) is 24.3 Å². The van der Waals surface area contributed by atoms with E-state index >= 15 is 0 Å². The summed E-state index contributed by atoms with van der Waals surface area (Å²) in [5.41, 5.74) is 4.60. The Bertz CT molecular complexity index is 1030. The highest BCUT2D eigenvalue weighted by atomic mass is 16.5. The number of aliphatic carboxylic acids is 1. The van der Waals surface area contributed by atoms with E-state index in [1.54, 1.807) is 0 Å². The smallest absolute Gasteiger partial charge is 0.407 e. The molecule has 2 aliphatic carbocycles. The number of aliphatic hydroxyl groups excluding tert-OH is 1. The molecule has 0 heterocycles. The van der Waals surface area contributed by atoms with Gasteiger partial charge in [0.25, 0.3) is 0 Å². The van der Waals surface area contributed by atoms with E-state index in [0.717, 1.165) is 41.5 Å². The monoisotopic (exact) mass is 480 g/mol. The summed E-state index contributed by atoms with van der Waals surface area (Å²) in [6.45, 7) is 0.178. The number of carbonyl (C=O) groups is 3. The zero-order chi connectivity index (χ0) is 24.8. The minimum absolute atomic E-state index is 0.0270. The van der Waals surface area contributed by atoms with Crippen molar-refractivity contribution in [2.75, 3.05) is 19.8 Å². The third-order valence-corrected chi connectivity index (χ3v) is 7.13. The van der Waals surface area contributed by atoms with Crippen LogP contribution in [0.1, 0.15) is 49.1 Å². The fraction of sp³-hybridized carbons (Fsp3) is 0.444. The van der Waals surface area contributed by atoms with Crippen molar-refractivity contribution in [2.24, 2.45) is 11.8 Å². The first-order chi connectivity index (χ1) is 17.0. The SMILES string of the molecule is O=C(NC[C@H]1CCCC[C@H]1C(=O)N[C@@H](CCO)C(=O)O)OCC1c2ccccc2-c2ccccc21. The van der Waals surface area contributed by atoms with Gasteiger partial charge in [0, 0.05) is 31.4 Å². The van der Waals surface area contributed by atoms with E-state index in [1.165, 1.54) is 0 Å². The van der Waals surface area contributed by atoms with Crippen molar-refractivity contribution in [3.05, 3.63) is 59.7 Å². The first-order valence-electron chi connectivity index (χ1n) is 12.2. The second-order valence-corrected chi connectivity index (χ2v) is 9.27. The lowest BCUT2D eigenvalue weighted by atomic mass is 9.78. The summed E-state index contributed by atoms with van der Waals surface area (Å²) >= 11 is 0. The van der Waals surface area contributed by atoms with E-state index in [-0.39, 0.29) is 43.9 Å². The van der Waals surface area contributed by atoms with Gasteiger partial charge in [-0.05, 0) is 41.0 Å². The summed E-state index contributed by atoms with van der Waals surface area (Å²) in [4.78, 5) is 36.7. The van der Waals surface area contributed by atoms with Crippen LogP contribution in [0.5, 0.6) is 0 Å². The summed E-state index contributed by atoms with van der Waals surface area (Å²) in [6.07, 6.45) is 2.64. The van der Waals surface area contributed by atoms with Gasteiger partial charge in [0.15, 0.2) is 0 Å². The van der Waals surface area contributed by atoms with Crippen LogP contribution in [0.2, 0.25) is 0 Å². The molecule has 2 aromatic carbocycles. The predicted molar refractivity (Wildman–Crippen MR) is 130 cm³/mol. The fourth-order valence-electron chi connectivity index (χ4n) is 5.33. The average molecular weight is 481 g/mol. The van der Waals surface area contributed by atoms with Gasteiger partial charge in [-0.2, -0.15) is 0 Å². The molecule has 1 fully saturated rings. The van der Waals surface area contributed by atoms with Crippen molar-refractivity contribution in [3.63, 3.8) is 0 Å². The molecular formula is C27H32N2O6. The van der Waals surface area contributed by atoms with Crippen LogP contribution in [-0.4, -0.2) is 54.0 Å². The normalized spacial score (nSPS) is 19.8. The molecular weight excluding hydrogens is 448 g/mol. The van der Waals surface area contributed by atoms with E-state index in [9.17, 15) is 19.5 Å². The third kappa shape index (κ3) is 5.65. The summed E-state index contributed by atoms with van der Waals surface area (Å²) < 4.78 is 5.60. The fourth-order valence-corrected chi connectivity index (χ4v) is 5.33. The molecule has 2 aromatic rings. The topological polar surface area (TPSA) is 125 Å². The van der Waals surface area contributed by atoms with Gasteiger partial charge in [-0.25, -0.2) is 9.59 Å². The summed E-state index contributed by atoms with van der Waals surface area (Å²) in [6, 6.07) is 15.2. The van der Waals surface area contributed by atoms with Crippen LogP contribution in [0.4, 0.5) is 4.79 Å². The number of aliphatic hydroxyl groups is 1. The maximum atomic E-state index is 12.8. The largest absolute Gasteiger partial charge is 0.480 e. The highest BCUT2D eigenvalue weighted by molar-refractivity contribution is 5.85. The number of ether oxygens (including phenoxy) is 1. The Morgan fingerprint density at radius 2 is 1.60 bits per heavy atom. The number of nitrogens with one attached hydrogen (secondary N) is 2. The summed E-state index contributed by atoms with van der Waals surface area (Å²) in [5.74, 6) is -2.03. The Morgan fingerprint density at radius 1 is 0.971 bits per heavy atom. The number of rotatable bonds is 9. The Balaban J connectivity index is 1.32. The predicted octanol–water partition coefficient (Wildman–Crippen LogP) is 3.28. The molecule has 8 heteroatoms. The number of hydrogen-bond acceptors (Lipinski definition) is 5. The number of amides is 2. The van der Waals surface area contributed by atoms with Gasteiger partial charge >= 0.3 is 12.1 Å². The maximum Gasteiger partial charge on any atom is 0.407 e. The van der Waals surface area contributed by atoms with Gasteiger partial charge in [0.2, 0.25) is 5.91 Å². The van der Waals surface area contributed by atoms with Gasteiger partial charge in [0.1, 0.15) is 12.6 Å². The molecule has 0 aliphatic heterocycles. The number of carboxylic acids is 1. The van der Waals surface area contributed by atoms with Crippen molar-refractivity contribution in [2.45, 2.75) is 44.1 Å². The molecule has 0 saturated heterocycles. The zero-order valence-corrected chi connectivity index (χ0v) is 19.6. The lowest BCUT2D eigenvalue weighted by Crippen LogP contribution is -2.48. The molecule has 2 amide bonds. The molecule has 35 heavy (non-hydrogen) atoms. The van der Waals surface area contributed by atoms with Gasteiger partial charge in [-0.3, -0.25) is 4.79 Å². The van der Waals surface area contributed by atoms with Crippen LogP contribution in [0.25, 0.3) is 11.1 Å². The van der Waals surface area contributed by atoms with Crippen molar-refractivity contribution < 1.29 is 29.3 Å². The average Bonchev–Trinajstić information content (AvgIpc) is 3.19. The van der Waals surface area contributed by atoms with Crippen LogP contribution in [0, 0.1) is 11.8 Å². The molecule has 8 nitrogen and oxygen atoms in total. The first kappa shape index (κ1) is 24.7. The second kappa shape index (κ2) is 11.4. The number of benzene rings is 2. The van der Waals surface area contributed by atoms with Gasteiger partial charge in [-0.1, -0.05) is 61.4 Å². The van der Waals surface area contributed by atoms with Crippen molar-refractivity contribution >= 4 is 18.0 Å². The summed E-state index contributed by atoms with van der Waals surface area (Å²) in [7, 11) is 0.